The molecule has 14 nitrogen and oxygen atoms in total. The number of sulfone groups is 1. The van der Waals surface area contributed by atoms with E-state index in [4.69, 9.17) is 15.0 Å². The molecule has 0 radical (unpaired) electrons. The Morgan fingerprint density at radius 2 is 1.55 bits per heavy atom. The maximum Gasteiger partial charge on any atom is 0.397 e. The molecule has 2 amide bonds. The van der Waals surface area contributed by atoms with Gasteiger partial charge >= 0.3 is 10.4 Å². The zero-order valence-electron chi connectivity index (χ0n) is 19.2. The Labute approximate surface area is 216 Å². The molecule has 38 heavy (non-hydrogen) atoms. The van der Waals surface area contributed by atoms with Gasteiger partial charge in [0.05, 0.1) is 36.4 Å². The van der Waals surface area contributed by atoms with E-state index in [1.54, 1.807) is 0 Å². The summed E-state index contributed by atoms with van der Waals surface area (Å²) in [6.45, 7) is -0.939. The molecule has 0 atom stereocenters. The van der Waals surface area contributed by atoms with Gasteiger partial charge in [0, 0.05) is 16.3 Å². The predicted molar refractivity (Wildman–Crippen MR) is 132 cm³/mol. The van der Waals surface area contributed by atoms with Crippen LogP contribution in [0.25, 0.3) is 10.8 Å². The number of hydrogen-bond acceptors (Lipinski definition) is 11. The van der Waals surface area contributed by atoms with Crippen molar-refractivity contribution in [2.24, 2.45) is 0 Å². The van der Waals surface area contributed by atoms with Crippen molar-refractivity contribution < 1.29 is 52.9 Å². The SMILES string of the molecule is COc1ccc(N2C(=O)c3cccc4c(N)c(S(=O)(=O)O)cc(c34)C2=O)cc1S(=O)(=O)CCOS(=O)(=O)O. The zero-order valence-corrected chi connectivity index (χ0v) is 21.6. The van der Waals surface area contributed by atoms with E-state index in [0.29, 0.717) is 4.90 Å². The molecule has 0 unspecified atom stereocenters. The number of anilines is 2. The molecule has 1 aliphatic heterocycles. The van der Waals surface area contributed by atoms with Crippen LogP contribution >= 0.6 is 0 Å². The monoisotopic (exact) mass is 586 g/mol. The quantitative estimate of drug-likeness (QED) is 0.191. The fourth-order valence-corrected chi connectivity index (χ4v) is 6.35. The van der Waals surface area contributed by atoms with Gasteiger partial charge in [-0.05, 0) is 30.3 Å². The van der Waals surface area contributed by atoms with Crippen LogP contribution in [0.3, 0.4) is 0 Å². The summed E-state index contributed by atoms with van der Waals surface area (Å²) in [6, 6.07) is 8.22. The molecule has 0 fully saturated rings. The van der Waals surface area contributed by atoms with Crippen LogP contribution in [0.1, 0.15) is 20.7 Å². The fourth-order valence-electron chi connectivity index (χ4n) is 4.02. The van der Waals surface area contributed by atoms with Gasteiger partial charge < -0.3 is 10.5 Å². The van der Waals surface area contributed by atoms with Gasteiger partial charge in [0.1, 0.15) is 15.5 Å². The van der Waals surface area contributed by atoms with Gasteiger partial charge in [-0.15, -0.1) is 0 Å². The summed E-state index contributed by atoms with van der Waals surface area (Å²) in [7, 11) is -13.0. The maximum absolute atomic E-state index is 13.5. The summed E-state index contributed by atoms with van der Waals surface area (Å²) in [5.74, 6) is -3.04. The minimum absolute atomic E-state index is 0.0332. The van der Waals surface area contributed by atoms with Crippen molar-refractivity contribution in [3.63, 3.8) is 0 Å². The van der Waals surface area contributed by atoms with Crippen molar-refractivity contribution in [2.45, 2.75) is 9.79 Å². The van der Waals surface area contributed by atoms with Crippen LogP contribution < -0.4 is 15.4 Å². The molecule has 0 saturated carbocycles. The largest absolute Gasteiger partial charge is 0.495 e. The number of benzene rings is 3. The number of imide groups is 1. The maximum atomic E-state index is 13.5. The van der Waals surface area contributed by atoms with Crippen molar-refractivity contribution in [3.05, 3.63) is 53.6 Å². The Hall–Kier alpha value is -3.61. The Morgan fingerprint density at radius 1 is 0.895 bits per heavy atom. The second kappa shape index (κ2) is 9.29. The van der Waals surface area contributed by atoms with Gasteiger partial charge in [-0.25, -0.2) is 17.5 Å². The van der Waals surface area contributed by atoms with Crippen molar-refractivity contribution in [1.82, 2.24) is 0 Å². The van der Waals surface area contributed by atoms with Crippen molar-refractivity contribution in [1.29, 1.82) is 0 Å². The smallest absolute Gasteiger partial charge is 0.397 e. The molecule has 0 saturated heterocycles. The number of hydrogen-bond donors (Lipinski definition) is 3. The van der Waals surface area contributed by atoms with Crippen LogP contribution in [0.2, 0.25) is 0 Å². The minimum Gasteiger partial charge on any atom is -0.495 e. The van der Waals surface area contributed by atoms with E-state index in [9.17, 15) is 39.4 Å². The number of nitrogens with two attached hydrogens (primary N) is 1. The topological polar surface area (TPSA) is 225 Å². The summed E-state index contributed by atoms with van der Waals surface area (Å²) in [5, 5.41) is 0.0816. The number of carbonyl (C=O) groups excluding carboxylic acids is 2. The lowest BCUT2D eigenvalue weighted by molar-refractivity contribution is 0.0893. The third kappa shape index (κ3) is 4.82. The van der Waals surface area contributed by atoms with Gasteiger partial charge in [-0.2, -0.15) is 16.8 Å². The van der Waals surface area contributed by atoms with Crippen LogP contribution in [0.15, 0.2) is 52.3 Å². The second-order valence-corrected chi connectivity index (χ2v) is 12.4. The van der Waals surface area contributed by atoms with Crippen molar-refractivity contribution >= 4 is 64.3 Å². The number of rotatable bonds is 8. The first-order valence-corrected chi connectivity index (χ1v) is 14.8. The fraction of sp³-hybridized carbons (Fsp3) is 0.143. The molecule has 3 aromatic carbocycles. The van der Waals surface area contributed by atoms with E-state index in [-0.39, 0.29) is 39.0 Å². The average Bonchev–Trinajstić information content (AvgIpc) is 2.81. The first-order valence-electron chi connectivity index (χ1n) is 10.3. The molecule has 4 N–H and O–H groups in total. The highest BCUT2D eigenvalue weighted by atomic mass is 32.3. The van der Waals surface area contributed by atoms with Gasteiger partial charge in [-0.1, -0.05) is 12.1 Å². The summed E-state index contributed by atoms with van der Waals surface area (Å²) in [6.07, 6.45) is 0. The standard InChI is InChI=1S/C21H18N2O12S3/c1-34-15-6-5-11(9-16(15)36(26,27)8-7-35-38(31,32)33)23-20(24)13-4-2-3-12-18(13)14(21(23)25)10-17(19(12)22)37(28,29)30/h2-6,9-10H,7-8,22H2,1H3,(H,28,29,30)(H,31,32,33). The molecule has 0 aromatic heterocycles. The van der Waals surface area contributed by atoms with E-state index in [1.807, 2.05) is 0 Å². The summed E-state index contributed by atoms with van der Waals surface area (Å²) in [5.41, 5.74) is 4.95. The summed E-state index contributed by atoms with van der Waals surface area (Å²) < 4.78 is 98.6. The lowest BCUT2D eigenvalue weighted by Gasteiger charge is -2.28. The van der Waals surface area contributed by atoms with E-state index < -0.39 is 64.3 Å². The van der Waals surface area contributed by atoms with E-state index in [0.717, 1.165) is 25.3 Å². The number of carbonyl (C=O) groups is 2. The first-order chi connectivity index (χ1) is 17.6. The highest BCUT2D eigenvalue weighted by Crippen LogP contribution is 2.39. The van der Waals surface area contributed by atoms with Crippen LogP contribution in [-0.4, -0.2) is 65.6 Å². The van der Waals surface area contributed by atoms with Crippen LogP contribution in [0, 0.1) is 0 Å². The minimum atomic E-state index is -4.91. The Bertz CT molecular complexity index is 1850. The molecule has 0 bridgehead atoms. The summed E-state index contributed by atoms with van der Waals surface area (Å²) in [4.78, 5) is 26.2. The number of methoxy groups -OCH3 is 1. The third-order valence-electron chi connectivity index (χ3n) is 5.63. The van der Waals surface area contributed by atoms with Crippen LogP contribution in [0.5, 0.6) is 5.75 Å². The molecule has 1 heterocycles. The molecule has 17 heteroatoms. The van der Waals surface area contributed by atoms with Crippen LogP contribution in [0.4, 0.5) is 11.4 Å². The van der Waals surface area contributed by atoms with Gasteiger partial charge in [-0.3, -0.25) is 18.7 Å². The normalized spacial score (nSPS) is 14.2. The Balaban J connectivity index is 1.87. The lowest BCUT2D eigenvalue weighted by Crippen LogP contribution is -2.40. The van der Waals surface area contributed by atoms with Crippen molar-refractivity contribution in [3.8, 4) is 5.75 Å². The van der Waals surface area contributed by atoms with Gasteiger partial charge in [0.15, 0.2) is 9.84 Å². The predicted octanol–water partition coefficient (Wildman–Crippen LogP) is 1.07. The number of nitrogen functional groups attached to an aromatic ring is 1. The Morgan fingerprint density at radius 3 is 2.16 bits per heavy atom. The van der Waals surface area contributed by atoms with Gasteiger partial charge in [0.2, 0.25) is 0 Å². The van der Waals surface area contributed by atoms with E-state index in [1.165, 1.54) is 24.3 Å². The molecular formula is C21H18N2O12S3. The molecule has 0 spiro atoms. The zero-order chi connectivity index (χ0) is 28.2. The lowest BCUT2D eigenvalue weighted by atomic mass is 9.92. The third-order valence-corrected chi connectivity index (χ3v) is 8.69. The molecule has 1 aliphatic rings. The van der Waals surface area contributed by atoms with Crippen molar-refractivity contribution in [2.75, 3.05) is 30.1 Å². The number of ether oxygens (including phenoxy) is 1. The van der Waals surface area contributed by atoms with Crippen LogP contribution in [-0.2, 0) is 34.5 Å². The van der Waals surface area contributed by atoms with E-state index in [2.05, 4.69) is 4.18 Å². The molecule has 202 valence electrons. The van der Waals surface area contributed by atoms with E-state index >= 15 is 0 Å². The summed E-state index contributed by atoms with van der Waals surface area (Å²) >= 11 is 0. The molecule has 0 aliphatic carbocycles. The average molecular weight is 587 g/mol. The first kappa shape index (κ1) is 27.4. The molecular weight excluding hydrogens is 568 g/mol. The highest BCUT2D eigenvalue weighted by molar-refractivity contribution is 7.91. The van der Waals surface area contributed by atoms with Gasteiger partial charge in [0.25, 0.3) is 21.9 Å². The highest BCUT2D eigenvalue weighted by Gasteiger charge is 2.37. The Kier molecular flexibility index (Phi) is 6.71. The second-order valence-electron chi connectivity index (χ2n) is 7.89. The number of nitrogens with zero attached hydrogens (tertiary/aromatic N) is 1. The molecule has 3 aromatic rings. The number of amides is 2. The molecule has 4 rings (SSSR count).